The Bertz CT molecular complexity index is 1030. The van der Waals surface area contributed by atoms with Crippen LogP contribution >= 0.6 is 0 Å². The maximum absolute atomic E-state index is 13.2. The molecule has 1 aliphatic heterocycles. The molecule has 9 heteroatoms. The number of benzene rings is 1. The number of hydrogen-bond donors (Lipinski definition) is 0. The lowest BCUT2D eigenvalue weighted by Crippen LogP contribution is -2.49. The number of carbonyl (C=O) groups excluding carboxylic acids is 2. The zero-order chi connectivity index (χ0) is 21.7. The molecular formula is C21H26N4O5. The zero-order valence-electron chi connectivity index (χ0n) is 17.2. The highest BCUT2D eigenvalue weighted by Crippen LogP contribution is 2.19. The van der Waals surface area contributed by atoms with E-state index in [1.165, 1.54) is 4.90 Å². The first-order valence-corrected chi connectivity index (χ1v) is 10.2. The number of rotatable bonds is 6. The first kappa shape index (κ1) is 21.5. The predicted molar refractivity (Wildman–Crippen MR) is 110 cm³/mol. The van der Waals surface area contributed by atoms with E-state index in [2.05, 4.69) is 5.10 Å². The molecule has 1 aromatic carbocycles. The van der Waals surface area contributed by atoms with Gasteiger partial charge >= 0.3 is 11.7 Å². The highest BCUT2D eigenvalue weighted by Gasteiger charge is 2.32. The summed E-state index contributed by atoms with van der Waals surface area (Å²) < 4.78 is 7.20. The Kier molecular flexibility index (Phi) is 6.81. The molecule has 0 unspecified atom stereocenters. The first-order valence-electron chi connectivity index (χ1n) is 10.2. The van der Waals surface area contributed by atoms with Crippen molar-refractivity contribution in [1.82, 2.24) is 19.2 Å². The van der Waals surface area contributed by atoms with Crippen molar-refractivity contribution in [2.45, 2.75) is 39.7 Å². The van der Waals surface area contributed by atoms with E-state index >= 15 is 0 Å². The Morgan fingerprint density at radius 1 is 1.17 bits per heavy atom. The molecule has 3 rings (SSSR count). The summed E-state index contributed by atoms with van der Waals surface area (Å²) in [6, 6.07) is 8.65. The summed E-state index contributed by atoms with van der Waals surface area (Å²) in [5.41, 5.74) is -1.16. The number of nitrogens with zero attached hydrogens (tertiary/aromatic N) is 4. The molecule has 2 aromatic rings. The maximum atomic E-state index is 13.2. The Morgan fingerprint density at radius 3 is 2.57 bits per heavy atom. The van der Waals surface area contributed by atoms with Crippen molar-refractivity contribution in [3.63, 3.8) is 0 Å². The highest BCUT2D eigenvalue weighted by molar-refractivity contribution is 5.92. The van der Waals surface area contributed by atoms with E-state index in [0.717, 1.165) is 9.25 Å². The SMILES string of the molecule is CCCn1c(=O)c(C(=O)N2CCC[C@@H](C(=O)OCC)C2)nn(-c2ccccc2)c1=O. The van der Waals surface area contributed by atoms with Crippen molar-refractivity contribution in [1.29, 1.82) is 0 Å². The number of piperidine rings is 1. The number of esters is 1. The number of amides is 1. The summed E-state index contributed by atoms with van der Waals surface area (Å²) in [7, 11) is 0. The van der Waals surface area contributed by atoms with E-state index in [-0.39, 0.29) is 31.4 Å². The number of carbonyl (C=O) groups is 2. The Morgan fingerprint density at radius 2 is 1.90 bits per heavy atom. The molecule has 1 amide bonds. The molecule has 1 fully saturated rings. The van der Waals surface area contributed by atoms with E-state index in [1.807, 2.05) is 6.92 Å². The molecular weight excluding hydrogens is 388 g/mol. The fourth-order valence-electron chi connectivity index (χ4n) is 3.57. The monoisotopic (exact) mass is 414 g/mol. The molecule has 0 radical (unpaired) electrons. The lowest BCUT2D eigenvalue weighted by Gasteiger charge is -2.31. The second-order valence-corrected chi connectivity index (χ2v) is 7.18. The van der Waals surface area contributed by atoms with Gasteiger partial charge in [-0.25, -0.2) is 4.79 Å². The smallest absolute Gasteiger partial charge is 0.352 e. The topological polar surface area (TPSA) is 104 Å². The van der Waals surface area contributed by atoms with Crippen LogP contribution < -0.4 is 11.2 Å². The summed E-state index contributed by atoms with van der Waals surface area (Å²) in [5, 5.41) is 4.13. The standard InChI is InChI=1S/C21H26N4O5/c1-3-12-24-19(27)17(22-25(21(24)29)16-10-6-5-7-11-16)18(26)23-13-8-9-15(14-23)20(28)30-4-2/h5-7,10-11,15H,3-4,8-9,12-14H2,1-2H3/t15-/m1/s1. The summed E-state index contributed by atoms with van der Waals surface area (Å²) in [6.45, 7) is 4.60. The number of aromatic nitrogens is 3. The molecule has 1 aromatic heterocycles. The van der Waals surface area contributed by atoms with Crippen LogP contribution in [0.15, 0.2) is 39.9 Å². The van der Waals surface area contributed by atoms with Crippen LogP contribution in [0.4, 0.5) is 0 Å². The Labute approximate surface area is 173 Å². The van der Waals surface area contributed by atoms with E-state index in [4.69, 9.17) is 4.74 Å². The van der Waals surface area contributed by atoms with Gasteiger partial charge in [-0.2, -0.15) is 9.78 Å². The van der Waals surface area contributed by atoms with Crippen molar-refractivity contribution >= 4 is 11.9 Å². The molecule has 0 saturated carbocycles. The predicted octanol–water partition coefficient (Wildman–Crippen LogP) is 1.22. The fourth-order valence-corrected chi connectivity index (χ4v) is 3.57. The van der Waals surface area contributed by atoms with Crippen LogP contribution in [0.3, 0.4) is 0 Å². The minimum atomic E-state index is -0.711. The van der Waals surface area contributed by atoms with E-state index in [1.54, 1.807) is 37.3 Å². The second kappa shape index (κ2) is 9.51. The number of likely N-dealkylation sites (tertiary alicyclic amines) is 1. The summed E-state index contributed by atoms with van der Waals surface area (Å²) in [4.78, 5) is 52.5. The van der Waals surface area contributed by atoms with Gasteiger partial charge in [0.15, 0.2) is 0 Å². The third kappa shape index (κ3) is 4.34. The molecule has 0 N–H and O–H groups in total. The molecule has 1 aliphatic rings. The number of hydrogen-bond acceptors (Lipinski definition) is 6. The maximum Gasteiger partial charge on any atom is 0.352 e. The molecule has 0 spiro atoms. The van der Waals surface area contributed by atoms with Gasteiger partial charge in [0, 0.05) is 19.6 Å². The van der Waals surface area contributed by atoms with Crippen molar-refractivity contribution in [2.75, 3.05) is 19.7 Å². The highest BCUT2D eigenvalue weighted by atomic mass is 16.5. The van der Waals surface area contributed by atoms with Gasteiger partial charge in [-0.05, 0) is 38.3 Å². The summed E-state index contributed by atoms with van der Waals surface area (Å²) >= 11 is 0. The van der Waals surface area contributed by atoms with Gasteiger partial charge in [-0.1, -0.05) is 25.1 Å². The Balaban J connectivity index is 2.01. The average Bonchev–Trinajstić information content (AvgIpc) is 2.77. The number of ether oxygens (including phenoxy) is 1. The summed E-state index contributed by atoms with van der Waals surface area (Å²) in [6.07, 6.45) is 1.80. The molecule has 1 saturated heterocycles. The molecule has 0 aliphatic carbocycles. The van der Waals surface area contributed by atoms with Crippen LogP contribution in [0.2, 0.25) is 0 Å². The van der Waals surface area contributed by atoms with Crippen molar-refractivity contribution in [3.05, 3.63) is 56.9 Å². The Hall–Kier alpha value is -3.23. The molecule has 0 bridgehead atoms. The van der Waals surface area contributed by atoms with Crippen molar-refractivity contribution in [2.24, 2.45) is 5.92 Å². The third-order valence-corrected chi connectivity index (χ3v) is 5.04. The molecule has 2 heterocycles. The van der Waals surface area contributed by atoms with Gasteiger partial charge in [0.1, 0.15) is 0 Å². The summed E-state index contributed by atoms with van der Waals surface area (Å²) in [5.74, 6) is -1.36. The average molecular weight is 414 g/mol. The molecule has 160 valence electrons. The minimum absolute atomic E-state index is 0.164. The van der Waals surface area contributed by atoms with Crippen LogP contribution in [-0.4, -0.2) is 50.8 Å². The van der Waals surface area contributed by atoms with Crippen molar-refractivity contribution < 1.29 is 14.3 Å². The molecule has 30 heavy (non-hydrogen) atoms. The lowest BCUT2D eigenvalue weighted by atomic mass is 9.98. The lowest BCUT2D eigenvalue weighted by molar-refractivity contribution is -0.149. The van der Waals surface area contributed by atoms with E-state index < -0.39 is 23.1 Å². The van der Waals surface area contributed by atoms with Gasteiger partial charge in [0.2, 0.25) is 5.69 Å². The fraction of sp³-hybridized carbons (Fsp3) is 0.476. The second-order valence-electron chi connectivity index (χ2n) is 7.18. The van der Waals surface area contributed by atoms with Crippen molar-refractivity contribution in [3.8, 4) is 5.69 Å². The van der Waals surface area contributed by atoms with Crippen LogP contribution in [0, 0.1) is 5.92 Å². The quantitative estimate of drug-likeness (QED) is 0.659. The van der Waals surface area contributed by atoms with Crippen LogP contribution in [-0.2, 0) is 16.1 Å². The van der Waals surface area contributed by atoms with Crippen LogP contribution in [0.1, 0.15) is 43.6 Å². The van der Waals surface area contributed by atoms with Crippen LogP contribution in [0.25, 0.3) is 5.69 Å². The first-order chi connectivity index (χ1) is 14.5. The largest absolute Gasteiger partial charge is 0.466 e. The normalized spacial score (nSPS) is 16.3. The van der Waals surface area contributed by atoms with E-state index in [0.29, 0.717) is 31.5 Å². The van der Waals surface area contributed by atoms with Gasteiger partial charge < -0.3 is 9.64 Å². The van der Waals surface area contributed by atoms with Gasteiger partial charge in [0.25, 0.3) is 11.5 Å². The number of para-hydroxylation sites is 1. The minimum Gasteiger partial charge on any atom is -0.466 e. The van der Waals surface area contributed by atoms with Gasteiger partial charge in [0.05, 0.1) is 18.2 Å². The molecule has 1 atom stereocenters. The van der Waals surface area contributed by atoms with Crippen LogP contribution in [0.5, 0.6) is 0 Å². The zero-order valence-corrected chi connectivity index (χ0v) is 17.2. The molecule has 9 nitrogen and oxygen atoms in total. The van der Waals surface area contributed by atoms with Gasteiger partial charge in [-0.15, -0.1) is 0 Å². The van der Waals surface area contributed by atoms with E-state index in [9.17, 15) is 19.2 Å². The third-order valence-electron chi connectivity index (χ3n) is 5.04. The van der Waals surface area contributed by atoms with Gasteiger partial charge in [-0.3, -0.25) is 19.0 Å².